The lowest BCUT2D eigenvalue weighted by atomic mass is 10.2. The molecule has 0 bridgehead atoms. The zero-order chi connectivity index (χ0) is 10.3. The van der Waals surface area contributed by atoms with Crippen LogP contribution in [0, 0.1) is 0 Å². The van der Waals surface area contributed by atoms with Crippen LogP contribution in [0.25, 0.3) is 0 Å². The highest BCUT2D eigenvalue weighted by atomic mass is 16.5. The van der Waals surface area contributed by atoms with Gasteiger partial charge in [-0.15, -0.1) is 0 Å². The number of carbonyl (C=O) groups is 2. The Hall–Kier alpha value is -1.10. The summed E-state index contributed by atoms with van der Waals surface area (Å²) in [6, 6.07) is 0. The molecule has 0 saturated heterocycles. The van der Waals surface area contributed by atoms with E-state index in [0.29, 0.717) is 6.61 Å². The van der Waals surface area contributed by atoms with Crippen LogP contribution in [0.1, 0.15) is 26.2 Å². The Morgan fingerprint density at radius 1 is 1.38 bits per heavy atom. The predicted molar refractivity (Wildman–Crippen MR) is 44.5 cm³/mol. The van der Waals surface area contributed by atoms with Gasteiger partial charge in [0, 0.05) is 6.61 Å². The summed E-state index contributed by atoms with van der Waals surface area (Å²) in [7, 11) is 0. The zero-order valence-corrected chi connectivity index (χ0v) is 7.52. The van der Waals surface area contributed by atoms with Gasteiger partial charge in [-0.1, -0.05) is 13.3 Å². The Balaban J connectivity index is 3.81. The molecule has 0 rings (SSSR count). The molecule has 0 aliphatic rings. The van der Waals surface area contributed by atoms with Crippen molar-refractivity contribution in [3.63, 3.8) is 0 Å². The first kappa shape index (κ1) is 11.9. The third-order valence-corrected chi connectivity index (χ3v) is 1.45. The standard InChI is InChI=1S/C8H14O5/c1-2-3-4-13-6(8(11)12)5-7(9)10/h6H,2-5H2,1H3,(H,9,10)(H,11,12)/t6-/m0/s1. The Labute approximate surface area is 76.3 Å². The second kappa shape index (κ2) is 6.42. The van der Waals surface area contributed by atoms with E-state index in [4.69, 9.17) is 14.9 Å². The smallest absolute Gasteiger partial charge is 0.333 e. The number of carboxylic acids is 2. The molecule has 0 aliphatic heterocycles. The first-order chi connectivity index (χ1) is 6.07. The van der Waals surface area contributed by atoms with Gasteiger partial charge in [0.2, 0.25) is 0 Å². The summed E-state index contributed by atoms with van der Waals surface area (Å²) in [5, 5.41) is 16.9. The molecule has 0 aliphatic carbocycles. The average molecular weight is 190 g/mol. The highest BCUT2D eigenvalue weighted by Crippen LogP contribution is 2.01. The molecule has 0 unspecified atom stereocenters. The van der Waals surface area contributed by atoms with Crippen LogP contribution < -0.4 is 0 Å². The van der Waals surface area contributed by atoms with Crippen LogP contribution in [-0.2, 0) is 14.3 Å². The van der Waals surface area contributed by atoms with Crippen LogP contribution in [0.2, 0.25) is 0 Å². The van der Waals surface area contributed by atoms with Gasteiger partial charge in [-0.3, -0.25) is 4.79 Å². The Morgan fingerprint density at radius 2 is 2.00 bits per heavy atom. The number of ether oxygens (including phenoxy) is 1. The van der Waals surface area contributed by atoms with E-state index in [1.54, 1.807) is 0 Å². The topological polar surface area (TPSA) is 83.8 Å². The molecular weight excluding hydrogens is 176 g/mol. The van der Waals surface area contributed by atoms with Gasteiger partial charge in [-0.2, -0.15) is 0 Å². The van der Waals surface area contributed by atoms with Crippen LogP contribution in [0.3, 0.4) is 0 Å². The summed E-state index contributed by atoms with van der Waals surface area (Å²) in [5.41, 5.74) is 0. The average Bonchev–Trinajstić information content (AvgIpc) is 2.02. The summed E-state index contributed by atoms with van der Waals surface area (Å²) >= 11 is 0. The van der Waals surface area contributed by atoms with Crippen molar-refractivity contribution in [2.24, 2.45) is 0 Å². The van der Waals surface area contributed by atoms with Crippen LogP contribution >= 0.6 is 0 Å². The lowest BCUT2D eigenvalue weighted by Crippen LogP contribution is -2.27. The molecule has 0 heterocycles. The molecule has 0 fully saturated rings. The van der Waals surface area contributed by atoms with Crippen molar-refractivity contribution in [1.29, 1.82) is 0 Å². The van der Waals surface area contributed by atoms with Gasteiger partial charge in [0.15, 0.2) is 6.10 Å². The first-order valence-corrected chi connectivity index (χ1v) is 4.14. The molecule has 2 N–H and O–H groups in total. The number of carboxylic acid groups (broad SMARTS) is 2. The van der Waals surface area contributed by atoms with Crippen molar-refractivity contribution in [3.05, 3.63) is 0 Å². The van der Waals surface area contributed by atoms with Gasteiger partial charge in [0.05, 0.1) is 6.42 Å². The van der Waals surface area contributed by atoms with Gasteiger partial charge in [0.25, 0.3) is 0 Å². The van der Waals surface area contributed by atoms with Crippen LogP contribution in [0.15, 0.2) is 0 Å². The fourth-order valence-electron chi connectivity index (χ4n) is 0.746. The summed E-state index contributed by atoms with van der Waals surface area (Å²) in [6.07, 6.45) is -0.0777. The minimum Gasteiger partial charge on any atom is -0.481 e. The summed E-state index contributed by atoms with van der Waals surface area (Å²) in [5.74, 6) is -2.39. The maximum Gasteiger partial charge on any atom is 0.333 e. The van der Waals surface area contributed by atoms with E-state index < -0.39 is 24.5 Å². The summed E-state index contributed by atoms with van der Waals surface area (Å²) in [6.45, 7) is 2.23. The zero-order valence-electron chi connectivity index (χ0n) is 7.52. The van der Waals surface area contributed by atoms with Crippen molar-refractivity contribution < 1.29 is 24.5 Å². The summed E-state index contributed by atoms with van der Waals surface area (Å²) in [4.78, 5) is 20.6. The fourth-order valence-corrected chi connectivity index (χ4v) is 0.746. The molecular formula is C8H14O5. The minimum absolute atomic E-state index is 0.292. The van der Waals surface area contributed by atoms with Gasteiger partial charge < -0.3 is 14.9 Å². The van der Waals surface area contributed by atoms with Crippen LogP contribution in [0.4, 0.5) is 0 Å². The SMILES string of the molecule is CCCCO[C@@H](CC(=O)O)C(=O)O. The minimum atomic E-state index is -1.22. The van der Waals surface area contributed by atoms with Crippen molar-refractivity contribution in [2.75, 3.05) is 6.61 Å². The molecule has 1 atom stereocenters. The van der Waals surface area contributed by atoms with E-state index in [1.807, 2.05) is 6.92 Å². The fraction of sp³-hybridized carbons (Fsp3) is 0.750. The molecule has 13 heavy (non-hydrogen) atoms. The quantitative estimate of drug-likeness (QED) is 0.578. The Kier molecular flexibility index (Phi) is 5.88. The van der Waals surface area contributed by atoms with E-state index in [2.05, 4.69) is 0 Å². The predicted octanol–water partition coefficient (Wildman–Crippen LogP) is 0.731. The molecule has 0 spiro atoms. The molecule has 0 radical (unpaired) electrons. The second-order valence-corrected chi connectivity index (χ2v) is 2.65. The first-order valence-electron chi connectivity index (χ1n) is 4.14. The highest BCUT2D eigenvalue weighted by Gasteiger charge is 2.20. The third-order valence-electron chi connectivity index (χ3n) is 1.45. The molecule has 5 heteroatoms. The third kappa shape index (κ3) is 6.10. The Bertz CT molecular complexity index is 177. The maximum absolute atomic E-state index is 10.4. The molecule has 0 aromatic rings. The lowest BCUT2D eigenvalue weighted by Gasteiger charge is -2.10. The van der Waals surface area contributed by atoms with E-state index >= 15 is 0 Å². The van der Waals surface area contributed by atoms with Crippen molar-refractivity contribution in [1.82, 2.24) is 0 Å². The lowest BCUT2D eigenvalue weighted by molar-refractivity contribution is -0.156. The molecule has 0 aromatic heterocycles. The van der Waals surface area contributed by atoms with Crippen LogP contribution in [-0.4, -0.2) is 34.9 Å². The number of rotatable bonds is 7. The van der Waals surface area contributed by atoms with E-state index in [-0.39, 0.29) is 0 Å². The number of hydrogen-bond donors (Lipinski definition) is 2. The van der Waals surface area contributed by atoms with Crippen LogP contribution in [0.5, 0.6) is 0 Å². The Morgan fingerprint density at radius 3 is 2.38 bits per heavy atom. The highest BCUT2D eigenvalue weighted by molar-refractivity contribution is 5.79. The normalized spacial score (nSPS) is 12.4. The maximum atomic E-state index is 10.4. The van der Waals surface area contributed by atoms with E-state index in [1.165, 1.54) is 0 Å². The number of hydrogen-bond acceptors (Lipinski definition) is 3. The molecule has 0 aromatic carbocycles. The van der Waals surface area contributed by atoms with Crippen molar-refractivity contribution in [3.8, 4) is 0 Å². The van der Waals surface area contributed by atoms with E-state index in [0.717, 1.165) is 12.8 Å². The van der Waals surface area contributed by atoms with Gasteiger partial charge >= 0.3 is 11.9 Å². The summed E-state index contributed by atoms with van der Waals surface area (Å²) < 4.78 is 4.87. The number of unbranched alkanes of at least 4 members (excludes halogenated alkanes) is 1. The van der Waals surface area contributed by atoms with Crippen molar-refractivity contribution >= 4 is 11.9 Å². The van der Waals surface area contributed by atoms with Crippen molar-refractivity contribution in [2.45, 2.75) is 32.3 Å². The number of aliphatic carboxylic acids is 2. The van der Waals surface area contributed by atoms with Gasteiger partial charge in [-0.25, -0.2) is 4.79 Å². The molecule has 0 saturated carbocycles. The van der Waals surface area contributed by atoms with Gasteiger partial charge in [0.1, 0.15) is 0 Å². The largest absolute Gasteiger partial charge is 0.481 e. The molecule has 0 amide bonds. The van der Waals surface area contributed by atoms with E-state index in [9.17, 15) is 9.59 Å². The van der Waals surface area contributed by atoms with Gasteiger partial charge in [-0.05, 0) is 6.42 Å². The monoisotopic (exact) mass is 190 g/mol. The second-order valence-electron chi connectivity index (χ2n) is 2.65. The molecule has 5 nitrogen and oxygen atoms in total. The molecule has 76 valence electrons.